The van der Waals surface area contributed by atoms with Crippen LogP contribution in [0.15, 0.2) is 18.2 Å². The number of hydrogen-bond acceptors (Lipinski definition) is 1. The first-order valence-electron chi connectivity index (χ1n) is 7.19. The van der Waals surface area contributed by atoms with Gasteiger partial charge in [-0.2, -0.15) is 0 Å². The summed E-state index contributed by atoms with van der Waals surface area (Å²) in [4.78, 5) is 0. The molecule has 0 aliphatic heterocycles. The van der Waals surface area contributed by atoms with Crippen molar-refractivity contribution in [1.82, 2.24) is 0 Å². The fourth-order valence-corrected chi connectivity index (χ4v) is 3.31. The van der Waals surface area contributed by atoms with E-state index in [1.165, 1.54) is 25.0 Å². The van der Waals surface area contributed by atoms with Gasteiger partial charge in [0.25, 0.3) is 0 Å². The molecule has 0 bridgehead atoms. The van der Waals surface area contributed by atoms with Gasteiger partial charge in [0.2, 0.25) is 0 Å². The minimum absolute atomic E-state index is 0.289. The summed E-state index contributed by atoms with van der Waals surface area (Å²) in [6.45, 7) is 2.20. The molecule has 19 heavy (non-hydrogen) atoms. The lowest BCUT2D eigenvalue weighted by atomic mass is 9.74. The molecule has 1 N–H and O–H groups in total. The monoisotopic (exact) mass is 284 g/mol. The van der Waals surface area contributed by atoms with Crippen LogP contribution in [0.25, 0.3) is 0 Å². The topological polar surface area (TPSA) is 20.2 Å². The van der Waals surface area contributed by atoms with E-state index in [1.807, 2.05) is 0 Å². The summed E-state index contributed by atoms with van der Waals surface area (Å²) in [5, 5.41) is 11.2. The van der Waals surface area contributed by atoms with Crippen molar-refractivity contribution in [3.05, 3.63) is 34.6 Å². The predicted octanol–water partition coefficient (Wildman–Crippen LogP) is 4.74. The fourth-order valence-electron chi connectivity index (χ4n) is 3.12. The third kappa shape index (κ3) is 3.93. The second-order valence-electron chi connectivity index (χ2n) is 5.87. The molecule has 1 fully saturated rings. The Morgan fingerprint density at radius 1 is 1.37 bits per heavy atom. The van der Waals surface area contributed by atoms with Crippen LogP contribution >= 0.6 is 11.6 Å². The van der Waals surface area contributed by atoms with Crippen LogP contribution < -0.4 is 0 Å². The second kappa shape index (κ2) is 6.23. The van der Waals surface area contributed by atoms with Gasteiger partial charge in [-0.1, -0.05) is 31.4 Å². The molecule has 0 amide bonds. The zero-order chi connectivity index (χ0) is 13.9. The van der Waals surface area contributed by atoms with E-state index in [2.05, 4.69) is 6.92 Å². The lowest BCUT2D eigenvalue weighted by Crippen LogP contribution is -2.36. The Kier molecular flexibility index (Phi) is 4.86. The van der Waals surface area contributed by atoms with Gasteiger partial charge in [0, 0.05) is 11.4 Å². The minimum atomic E-state index is -0.707. The lowest BCUT2D eigenvalue weighted by Gasteiger charge is -2.36. The Hall–Kier alpha value is -0.600. The molecule has 0 aromatic heterocycles. The molecule has 1 nitrogen and oxygen atoms in total. The molecule has 1 aliphatic rings. The van der Waals surface area contributed by atoms with Crippen LogP contribution in [-0.2, 0) is 6.42 Å². The van der Waals surface area contributed by atoms with Gasteiger partial charge in [-0.25, -0.2) is 4.39 Å². The van der Waals surface area contributed by atoms with Crippen LogP contribution in [0.3, 0.4) is 0 Å². The van der Waals surface area contributed by atoms with E-state index in [0.29, 0.717) is 11.4 Å². The van der Waals surface area contributed by atoms with Crippen LogP contribution in [0.2, 0.25) is 5.02 Å². The highest BCUT2D eigenvalue weighted by molar-refractivity contribution is 6.31. The van der Waals surface area contributed by atoms with E-state index >= 15 is 0 Å². The van der Waals surface area contributed by atoms with Crippen LogP contribution in [0.1, 0.15) is 51.0 Å². The van der Waals surface area contributed by atoms with Gasteiger partial charge in [-0.15, -0.1) is 0 Å². The maximum Gasteiger partial charge on any atom is 0.123 e. The lowest BCUT2D eigenvalue weighted by molar-refractivity contribution is -0.00989. The second-order valence-corrected chi connectivity index (χ2v) is 6.28. The van der Waals surface area contributed by atoms with E-state index in [1.54, 1.807) is 6.07 Å². The van der Waals surface area contributed by atoms with Gasteiger partial charge >= 0.3 is 0 Å². The summed E-state index contributed by atoms with van der Waals surface area (Å²) in [6, 6.07) is 4.37. The van der Waals surface area contributed by atoms with Crippen molar-refractivity contribution < 1.29 is 9.50 Å². The zero-order valence-electron chi connectivity index (χ0n) is 11.5. The standard InChI is InChI=1S/C16H22ClFO/c1-2-3-12-6-8-16(19,9-7-12)11-13-10-14(18)4-5-15(13)17/h4-5,10,12,19H,2-3,6-9,11H2,1H3. The Labute approximate surface area is 119 Å². The molecular formula is C16H22ClFO. The quantitative estimate of drug-likeness (QED) is 0.846. The number of rotatable bonds is 4. The van der Waals surface area contributed by atoms with E-state index in [-0.39, 0.29) is 5.82 Å². The maximum absolute atomic E-state index is 13.2. The summed E-state index contributed by atoms with van der Waals surface area (Å²) in [6.07, 6.45) is 6.64. The summed E-state index contributed by atoms with van der Waals surface area (Å²) in [7, 11) is 0. The molecule has 1 aliphatic carbocycles. The Morgan fingerprint density at radius 2 is 2.05 bits per heavy atom. The first kappa shape index (κ1) is 14.8. The molecule has 1 aromatic rings. The van der Waals surface area contributed by atoms with Crippen LogP contribution in [0.4, 0.5) is 4.39 Å². The minimum Gasteiger partial charge on any atom is -0.390 e. The number of halogens is 2. The maximum atomic E-state index is 13.2. The third-order valence-electron chi connectivity index (χ3n) is 4.26. The Morgan fingerprint density at radius 3 is 2.68 bits per heavy atom. The molecule has 106 valence electrons. The summed E-state index contributed by atoms with van der Waals surface area (Å²) >= 11 is 6.08. The molecule has 3 heteroatoms. The molecule has 0 atom stereocenters. The number of hydrogen-bond donors (Lipinski definition) is 1. The largest absolute Gasteiger partial charge is 0.390 e. The normalized spacial score (nSPS) is 27.5. The van der Waals surface area contributed by atoms with E-state index in [0.717, 1.165) is 37.2 Å². The first-order chi connectivity index (χ1) is 9.02. The molecule has 0 spiro atoms. The van der Waals surface area contributed by atoms with Gasteiger partial charge < -0.3 is 5.11 Å². The van der Waals surface area contributed by atoms with E-state index in [9.17, 15) is 9.50 Å². The number of aliphatic hydroxyl groups is 1. The van der Waals surface area contributed by atoms with Crippen molar-refractivity contribution in [2.45, 2.75) is 57.5 Å². The van der Waals surface area contributed by atoms with Crippen LogP contribution in [-0.4, -0.2) is 10.7 Å². The highest BCUT2D eigenvalue weighted by Crippen LogP contribution is 2.37. The van der Waals surface area contributed by atoms with Crippen molar-refractivity contribution in [3.8, 4) is 0 Å². The van der Waals surface area contributed by atoms with Gasteiger partial charge in [-0.05, 0) is 55.4 Å². The third-order valence-corrected chi connectivity index (χ3v) is 4.63. The SMILES string of the molecule is CCCC1CCC(O)(Cc2cc(F)ccc2Cl)CC1. The van der Waals surface area contributed by atoms with Crippen molar-refractivity contribution in [2.24, 2.45) is 5.92 Å². The zero-order valence-corrected chi connectivity index (χ0v) is 12.2. The highest BCUT2D eigenvalue weighted by Gasteiger charge is 2.33. The molecule has 0 radical (unpaired) electrons. The summed E-state index contributed by atoms with van der Waals surface area (Å²) in [5.41, 5.74) is 0.0138. The molecule has 1 saturated carbocycles. The van der Waals surface area contributed by atoms with Crippen LogP contribution in [0, 0.1) is 11.7 Å². The molecule has 0 heterocycles. The molecule has 2 rings (SSSR count). The first-order valence-corrected chi connectivity index (χ1v) is 7.56. The van der Waals surface area contributed by atoms with Crippen molar-refractivity contribution in [2.75, 3.05) is 0 Å². The summed E-state index contributed by atoms with van der Waals surface area (Å²) < 4.78 is 13.2. The van der Waals surface area contributed by atoms with Gasteiger partial charge in [0.15, 0.2) is 0 Å². The average Bonchev–Trinajstić information content (AvgIpc) is 2.37. The van der Waals surface area contributed by atoms with Crippen molar-refractivity contribution >= 4 is 11.6 Å². The van der Waals surface area contributed by atoms with E-state index in [4.69, 9.17) is 11.6 Å². The smallest absolute Gasteiger partial charge is 0.123 e. The molecule has 1 aromatic carbocycles. The van der Waals surface area contributed by atoms with Crippen LogP contribution in [0.5, 0.6) is 0 Å². The van der Waals surface area contributed by atoms with Gasteiger partial charge in [0.1, 0.15) is 5.82 Å². The van der Waals surface area contributed by atoms with E-state index < -0.39 is 5.60 Å². The Balaban J connectivity index is 2.00. The van der Waals surface area contributed by atoms with Gasteiger partial charge in [-0.3, -0.25) is 0 Å². The molecule has 0 saturated heterocycles. The average molecular weight is 285 g/mol. The molecular weight excluding hydrogens is 263 g/mol. The molecule has 0 unspecified atom stereocenters. The summed E-state index contributed by atoms with van der Waals surface area (Å²) in [5.74, 6) is 0.455. The van der Waals surface area contributed by atoms with Crippen molar-refractivity contribution in [1.29, 1.82) is 0 Å². The predicted molar refractivity (Wildman–Crippen MR) is 76.9 cm³/mol. The highest BCUT2D eigenvalue weighted by atomic mass is 35.5. The fraction of sp³-hybridized carbons (Fsp3) is 0.625. The van der Waals surface area contributed by atoms with Crippen molar-refractivity contribution in [3.63, 3.8) is 0 Å². The number of benzene rings is 1. The van der Waals surface area contributed by atoms with Gasteiger partial charge in [0.05, 0.1) is 5.60 Å². The Bertz CT molecular complexity index is 425.